The van der Waals surface area contributed by atoms with Crippen LogP contribution in [0.2, 0.25) is 0 Å². The van der Waals surface area contributed by atoms with Gasteiger partial charge in [-0.3, -0.25) is 14.4 Å². The number of methoxy groups -OCH3 is 1. The molecule has 0 aromatic heterocycles. The second-order valence-electron chi connectivity index (χ2n) is 5.86. The minimum Gasteiger partial charge on any atom is -0.481 e. The average molecular weight is 336 g/mol. The number of carbonyl (C=O) groups is 3. The molecule has 1 atom stereocenters. The topological polar surface area (TPSA) is 105 Å². The molecule has 0 fully saturated rings. The van der Waals surface area contributed by atoms with Crippen molar-refractivity contribution >= 4 is 17.8 Å². The summed E-state index contributed by atoms with van der Waals surface area (Å²) in [6.07, 6.45) is 0.541. The van der Waals surface area contributed by atoms with Crippen molar-refractivity contribution in [3.63, 3.8) is 0 Å². The van der Waals surface area contributed by atoms with E-state index >= 15 is 0 Å². The Hall–Kier alpha value is -2.41. The molecule has 0 aliphatic heterocycles. The Kier molecular flexibility index (Phi) is 7.38. The van der Waals surface area contributed by atoms with E-state index in [0.717, 1.165) is 6.42 Å². The van der Waals surface area contributed by atoms with Crippen LogP contribution in [0.15, 0.2) is 24.3 Å². The highest BCUT2D eigenvalue weighted by Gasteiger charge is 2.30. The lowest BCUT2D eigenvalue weighted by molar-refractivity contribution is -0.139. The van der Waals surface area contributed by atoms with Crippen molar-refractivity contribution in [1.82, 2.24) is 10.6 Å². The van der Waals surface area contributed by atoms with Gasteiger partial charge in [0.25, 0.3) is 11.8 Å². The Morgan fingerprint density at radius 2 is 1.83 bits per heavy atom. The largest absolute Gasteiger partial charge is 0.481 e. The van der Waals surface area contributed by atoms with Crippen molar-refractivity contribution in [3.8, 4) is 0 Å². The molecule has 1 unspecified atom stereocenters. The minimum absolute atomic E-state index is 0.0573. The van der Waals surface area contributed by atoms with Gasteiger partial charge < -0.3 is 20.5 Å². The van der Waals surface area contributed by atoms with Gasteiger partial charge >= 0.3 is 5.97 Å². The number of benzene rings is 1. The summed E-state index contributed by atoms with van der Waals surface area (Å²) >= 11 is 0. The van der Waals surface area contributed by atoms with Crippen molar-refractivity contribution in [3.05, 3.63) is 35.4 Å². The molecule has 0 saturated heterocycles. The van der Waals surface area contributed by atoms with Gasteiger partial charge in [0.05, 0.1) is 18.6 Å². The van der Waals surface area contributed by atoms with Gasteiger partial charge in [0.2, 0.25) is 0 Å². The lowest BCUT2D eigenvalue weighted by Crippen LogP contribution is -2.50. The first-order chi connectivity index (χ1) is 11.3. The van der Waals surface area contributed by atoms with Crippen molar-refractivity contribution < 1.29 is 24.2 Å². The van der Waals surface area contributed by atoms with Crippen molar-refractivity contribution in [1.29, 1.82) is 0 Å². The molecular formula is C17H24N2O5. The minimum atomic E-state index is -1.04. The number of hydrogen-bond donors (Lipinski definition) is 3. The maximum absolute atomic E-state index is 12.4. The first-order valence-electron chi connectivity index (χ1n) is 7.73. The molecule has 0 radical (unpaired) electrons. The SMILES string of the molecule is CCCNC(=O)c1cccc(C(=O)NC(C)(COC)CC(=O)O)c1. The molecule has 3 N–H and O–H groups in total. The molecule has 0 saturated carbocycles. The summed E-state index contributed by atoms with van der Waals surface area (Å²) in [5.74, 6) is -1.75. The highest BCUT2D eigenvalue weighted by Crippen LogP contribution is 2.13. The molecule has 2 amide bonds. The maximum Gasteiger partial charge on any atom is 0.305 e. The highest BCUT2D eigenvalue weighted by molar-refractivity contribution is 6.00. The fraction of sp³-hybridized carbons (Fsp3) is 0.471. The Balaban J connectivity index is 2.90. The Labute approximate surface area is 141 Å². The molecule has 0 bridgehead atoms. The number of carboxylic acids is 1. The van der Waals surface area contributed by atoms with Gasteiger partial charge in [-0.25, -0.2) is 0 Å². The summed E-state index contributed by atoms with van der Waals surface area (Å²) in [5, 5.41) is 14.4. The van der Waals surface area contributed by atoms with Crippen LogP contribution < -0.4 is 10.6 Å². The van der Waals surface area contributed by atoms with Gasteiger partial charge in [0.15, 0.2) is 0 Å². The Bertz CT molecular complexity index is 602. The third-order valence-electron chi connectivity index (χ3n) is 3.34. The molecule has 0 heterocycles. The van der Waals surface area contributed by atoms with Crippen LogP contribution in [0, 0.1) is 0 Å². The van der Waals surface area contributed by atoms with Crippen LogP contribution in [0.1, 0.15) is 47.4 Å². The van der Waals surface area contributed by atoms with Crippen LogP contribution in [-0.2, 0) is 9.53 Å². The number of amides is 2. The van der Waals surface area contributed by atoms with E-state index in [1.807, 2.05) is 6.92 Å². The van der Waals surface area contributed by atoms with E-state index in [9.17, 15) is 14.4 Å². The zero-order valence-electron chi connectivity index (χ0n) is 14.2. The molecule has 1 rings (SSSR count). The molecule has 1 aromatic rings. The van der Waals surface area contributed by atoms with Crippen LogP contribution in [0.5, 0.6) is 0 Å². The second kappa shape index (κ2) is 9.02. The molecule has 132 valence electrons. The molecule has 7 nitrogen and oxygen atoms in total. The summed E-state index contributed by atoms with van der Waals surface area (Å²) < 4.78 is 5.01. The first-order valence-corrected chi connectivity index (χ1v) is 7.73. The summed E-state index contributed by atoms with van der Waals surface area (Å²) in [7, 11) is 1.44. The fourth-order valence-corrected chi connectivity index (χ4v) is 2.27. The third-order valence-corrected chi connectivity index (χ3v) is 3.34. The Morgan fingerprint density at radius 1 is 1.21 bits per heavy atom. The summed E-state index contributed by atoms with van der Waals surface area (Å²) in [5.41, 5.74) is -0.382. The number of hydrogen-bond acceptors (Lipinski definition) is 4. The zero-order chi connectivity index (χ0) is 18.2. The molecule has 0 aliphatic rings. The number of nitrogens with one attached hydrogen (secondary N) is 2. The number of rotatable bonds is 9. The smallest absolute Gasteiger partial charge is 0.305 e. The maximum atomic E-state index is 12.4. The van der Waals surface area contributed by atoms with Gasteiger partial charge in [-0.05, 0) is 31.5 Å². The van der Waals surface area contributed by atoms with E-state index in [1.54, 1.807) is 25.1 Å². The van der Waals surface area contributed by atoms with Crippen LogP contribution in [0.3, 0.4) is 0 Å². The van der Waals surface area contributed by atoms with Gasteiger partial charge in [-0.15, -0.1) is 0 Å². The van der Waals surface area contributed by atoms with Crippen molar-refractivity contribution in [2.75, 3.05) is 20.3 Å². The van der Waals surface area contributed by atoms with Crippen LogP contribution in [-0.4, -0.2) is 48.7 Å². The predicted octanol–water partition coefficient (Wildman–Crippen LogP) is 1.44. The van der Waals surface area contributed by atoms with E-state index in [4.69, 9.17) is 9.84 Å². The quantitative estimate of drug-likeness (QED) is 0.633. The van der Waals surface area contributed by atoms with E-state index in [-0.39, 0.29) is 24.5 Å². The lowest BCUT2D eigenvalue weighted by Gasteiger charge is -2.28. The van der Waals surface area contributed by atoms with Gasteiger partial charge in [0.1, 0.15) is 0 Å². The highest BCUT2D eigenvalue weighted by atomic mass is 16.5. The fourth-order valence-electron chi connectivity index (χ4n) is 2.27. The predicted molar refractivity (Wildman–Crippen MR) is 89.1 cm³/mol. The van der Waals surface area contributed by atoms with Crippen LogP contribution in [0.4, 0.5) is 0 Å². The van der Waals surface area contributed by atoms with Gasteiger partial charge in [0, 0.05) is 24.8 Å². The summed E-state index contributed by atoms with van der Waals surface area (Å²) in [6.45, 7) is 4.16. The first kappa shape index (κ1) is 19.6. The molecule has 0 aliphatic carbocycles. The molecule has 0 spiro atoms. The molecule has 24 heavy (non-hydrogen) atoms. The lowest BCUT2D eigenvalue weighted by atomic mass is 9.98. The van der Waals surface area contributed by atoms with Crippen LogP contribution in [0.25, 0.3) is 0 Å². The monoisotopic (exact) mass is 336 g/mol. The average Bonchev–Trinajstić information content (AvgIpc) is 2.51. The zero-order valence-corrected chi connectivity index (χ0v) is 14.2. The van der Waals surface area contributed by atoms with E-state index in [2.05, 4.69) is 10.6 Å². The van der Waals surface area contributed by atoms with Crippen molar-refractivity contribution in [2.45, 2.75) is 32.2 Å². The number of carbonyl (C=O) groups excluding carboxylic acids is 2. The number of aliphatic carboxylic acids is 1. The molecule has 1 aromatic carbocycles. The van der Waals surface area contributed by atoms with E-state index < -0.39 is 17.4 Å². The summed E-state index contributed by atoms with van der Waals surface area (Å²) in [4.78, 5) is 35.4. The van der Waals surface area contributed by atoms with Gasteiger partial charge in [-0.1, -0.05) is 13.0 Å². The van der Waals surface area contributed by atoms with Crippen LogP contribution >= 0.6 is 0 Å². The summed E-state index contributed by atoms with van der Waals surface area (Å²) in [6, 6.07) is 6.28. The van der Waals surface area contributed by atoms with E-state index in [1.165, 1.54) is 13.2 Å². The molecule has 7 heteroatoms. The second-order valence-corrected chi connectivity index (χ2v) is 5.86. The Morgan fingerprint density at radius 3 is 2.38 bits per heavy atom. The van der Waals surface area contributed by atoms with Crippen molar-refractivity contribution in [2.24, 2.45) is 0 Å². The third kappa shape index (κ3) is 6.00. The van der Waals surface area contributed by atoms with E-state index in [0.29, 0.717) is 12.1 Å². The normalized spacial score (nSPS) is 13.0. The van der Waals surface area contributed by atoms with Gasteiger partial charge in [-0.2, -0.15) is 0 Å². The number of carboxylic acid groups (broad SMARTS) is 1. The number of ether oxygens (including phenoxy) is 1. The molecular weight excluding hydrogens is 312 g/mol. The standard InChI is InChI=1S/C17H24N2O5/c1-4-8-18-15(22)12-6-5-7-13(9-12)16(23)19-17(2,11-24-3)10-14(20)21/h5-7,9H,4,8,10-11H2,1-3H3,(H,18,22)(H,19,23)(H,20,21).